The molecule has 5 nitrogen and oxygen atoms in total. The van der Waals surface area contributed by atoms with Gasteiger partial charge in [-0.25, -0.2) is 0 Å². The highest BCUT2D eigenvalue weighted by atomic mass is 35.5. The third kappa shape index (κ3) is 4.19. The lowest BCUT2D eigenvalue weighted by molar-refractivity contribution is 0.00540. The van der Waals surface area contributed by atoms with Gasteiger partial charge < -0.3 is 15.2 Å². The molecule has 2 heterocycles. The molecule has 0 spiro atoms. The molecule has 1 fully saturated rings. The third-order valence-corrected chi connectivity index (χ3v) is 4.36. The fraction of sp³-hybridized carbons (Fsp3) is 0.800. The molecule has 120 valence electrons. The number of aryl methyl sites for hydroxylation is 2. The third-order valence-electron chi connectivity index (χ3n) is 3.93. The molecule has 0 saturated carbocycles. The smallest absolute Gasteiger partial charge is 0.0850 e. The second kappa shape index (κ2) is 7.09. The maximum Gasteiger partial charge on any atom is 0.0850 e. The number of aromatic nitrogens is 2. The number of hydrogen-bond donors (Lipinski definition) is 2. The van der Waals surface area contributed by atoms with Gasteiger partial charge >= 0.3 is 0 Å². The summed E-state index contributed by atoms with van der Waals surface area (Å²) in [5, 5.41) is 19.3. The second-order valence-electron chi connectivity index (χ2n) is 5.98. The van der Waals surface area contributed by atoms with Crippen LogP contribution in [0.2, 0.25) is 5.02 Å². The Morgan fingerprint density at radius 3 is 2.86 bits per heavy atom. The van der Waals surface area contributed by atoms with Crippen molar-refractivity contribution in [1.29, 1.82) is 0 Å². The molecule has 1 saturated heterocycles. The topological polar surface area (TPSA) is 59.3 Å². The Kier molecular flexibility index (Phi) is 5.66. The van der Waals surface area contributed by atoms with Crippen LogP contribution in [0.5, 0.6) is 0 Å². The van der Waals surface area contributed by atoms with Gasteiger partial charge in [0.15, 0.2) is 0 Å². The van der Waals surface area contributed by atoms with Crippen molar-refractivity contribution in [1.82, 2.24) is 15.1 Å². The number of nitrogens with one attached hydrogen (secondary N) is 1. The second-order valence-corrected chi connectivity index (χ2v) is 6.36. The summed E-state index contributed by atoms with van der Waals surface area (Å²) in [5.74, 6) is 0. The molecule has 1 aliphatic rings. The largest absolute Gasteiger partial charge is 0.390 e. The summed E-state index contributed by atoms with van der Waals surface area (Å²) >= 11 is 6.42. The number of ether oxygens (including phenoxy) is 1. The highest BCUT2D eigenvalue weighted by molar-refractivity contribution is 6.31. The molecule has 1 aliphatic heterocycles. The number of hydrogen-bond acceptors (Lipinski definition) is 4. The molecule has 0 radical (unpaired) electrons. The Hall–Kier alpha value is -0.620. The lowest BCUT2D eigenvalue weighted by atomic mass is 9.91. The van der Waals surface area contributed by atoms with Crippen molar-refractivity contribution >= 4 is 11.6 Å². The molecule has 2 rings (SSSR count). The Balaban J connectivity index is 2.09. The maximum absolute atomic E-state index is 10.8. The van der Waals surface area contributed by atoms with Crippen LogP contribution in [0.1, 0.15) is 38.6 Å². The molecule has 21 heavy (non-hydrogen) atoms. The van der Waals surface area contributed by atoms with Gasteiger partial charge in [0.05, 0.1) is 35.2 Å². The number of morpholine rings is 1. The van der Waals surface area contributed by atoms with Crippen LogP contribution in [0.15, 0.2) is 0 Å². The van der Waals surface area contributed by atoms with Crippen LogP contribution in [0.3, 0.4) is 0 Å². The van der Waals surface area contributed by atoms with Crippen molar-refractivity contribution in [3.05, 3.63) is 16.4 Å². The van der Waals surface area contributed by atoms with Crippen LogP contribution < -0.4 is 5.32 Å². The summed E-state index contributed by atoms with van der Waals surface area (Å²) in [6, 6.07) is 0.191. The number of halogens is 1. The van der Waals surface area contributed by atoms with E-state index >= 15 is 0 Å². The van der Waals surface area contributed by atoms with E-state index in [2.05, 4.69) is 10.4 Å². The van der Waals surface area contributed by atoms with Crippen molar-refractivity contribution in [2.24, 2.45) is 0 Å². The zero-order valence-electron chi connectivity index (χ0n) is 13.2. The van der Waals surface area contributed by atoms with E-state index in [0.717, 1.165) is 37.5 Å². The first-order chi connectivity index (χ1) is 9.96. The quantitative estimate of drug-likeness (QED) is 0.840. The van der Waals surface area contributed by atoms with Crippen LogP contribution in [0, 0.1) is 0 Å². The fourth-order valence-corrected chi connectivity index (χ4v) is 3.24. The van der Waals surface area contributed by atoms with Crippen molar-refractivity contribution in [2.75, 3.05) is 19.8 Å². The number of aliphatic hydroxyl groups is 1. The molecule has 0 bridgehead atoms. The first-order valence-corrected chi connectivity index (χ1v) is 8.12. The maximum atomic E-state index is 10.8. The molecule has 1 aromatic heterocycles. The number of nitrogens with zero attached hydrogens (tertiary/aromatic N) is 2. The average Bonchev–Trinajstić information content (AvgIpc) is 2.75. The molecule has 2 unspecified atom stereocenters. The minimum atomic E-state index is -0.833. The standard InChI is InChI=1S/C15H26ClN3O2/c1-4-12-14(16)13(19(5-2)18-12)9-15(3,20)8-11-10-21-7-6-17-11/h11,17,20H,4-10H2,1-3H3. The first-order valence-electron chi connectivity index (χ1n) is 7.74. The lowest BCUT2D eigenvalue weighted by Gasteiger charge is -2.31. The van der Waals surface area contributed by atoms with E-state index in [1.165, 1.54) is 0 Å². The Morgan fingerprint density at radius 1 is 1.52 bits per heavy atom. The SMILES string of the molecule is CCc1nn(CC)c(CC(C)(O)CC2COCCN2)c1Cl. The van der Waals surface area contributed by atoms with Crippen LogP contribution >= 0.6 is 11.6 Å². The van der Waals surface area contributed by atoms with Crippen LogP contribution in [0.4, 0.5) is 0 Å². The van der Waals surface area contributed by atoms with Gasteiger partial charge in [0.1, 0.15) is 0 Å². The van der Waals surface area contributed by atoms with E-state index in [-0.39, 0.29) is 6.04 Å². The average molecular weight is 316 g/mol. The van der Waals surface area contributed by atoms with E-state index in [0.29, 0.717) is 24.5 Å². The first kappa shape index (κ1) is 16.7. The molecule has 0 aromatic carbocycles. The lowest BCUT2D eigenvalue weighted by Crippen LogP contribution is -2.46. The molecule has 2 atom stereocenters. The van der Waals surface area contributed by atoms with Crippen molar-refractivity contribution in [3.8, 4) is 0 Å². The molecular weight excluding hydrogens is 290 g/mol. The van der Waals surface area contributed by atoms with Gasteiger partial charge in [0, 0.05) is 25.6 Å². The van der Waals surface area contributed by atoms with Gasteiger partial charge in [-0.15, -0.1) is 0 Å². The molecular formula is C15H26ClN3O2. The summed E-state index contributed by atoms with van der Waals surface area (Å²) in [6.45, 7) is 8.93. The zero-order chi connectivity index (χ0) is 15.5. The monoisotopic (exact) mass is 315 g/mol. The van der Waals surface area contributed by atoms with E-state index in [9.17, 15) is 5.11 Å². The van der Waals surface area contributed by atoms with Gasteiger partial charge in [0.25, 0.3) is 0 Å². The zero-order valence-corrected chi connectivity index (χ0v) is 13.9. The molecule has 0 amide bonds. The highest BCUT2D eigenvalue weighted by Gasteiger charge is 2.30. The van der Waals surface area contributed by atoms with Gasteiger partial charge in [-0.05, 0) is 26.7 Å². The van der Waals surface area contributed by atoms with Gasteiger partial charge in [-0.1, -0.05) is 18.5 Å². The van der Waals surface area contributed by atoms with Crippen LogP contribution in [-0.4, -0.2) is 46.3 Å². The molecule has 2 N–H and O–H groups in total. The summed E-state index contributed by atoms with van der Waals surface area (Å²) in [7, 11) is 0. The molecule has 0 aliphatic carbocycles. The Labute approximate surface area is 131 Å². The highest BCUT2D eigenvalue weighted by Crippen LogP contribution is 2.27. The van der Waals surface area contributed by atoms with Crippen molar-refractivity contribution < 1.29 is 9.84 Å². The van der Waals surface area contributed by atoms with Gasteiger partial charge in [-0.2, -0.15) is 5.10 Å². The number of rotatable bonds is 6. The summed E-state index contributed by atoms with van der Waals surface area (Å²) in [4.78, 5) is 0. The van der Waals surface area contributed by atoms with E-state index in [1.807, 2.05) is 25.5 Å². The predicted octanol–water partition coefficient (Wildman–Crippen LogP) is 1.79. The minimum Gasteiger partial charge on any atom is -0.390 e. The Bertz CT molecular complexity index is 468. The van der Waals surface area contributed by atoms with Gasteiger partial charge in [0.2, 0.25) is 0 Å². The van der Waals surface area contributed by atoms with Crippen molar-refractivity contribution in [3.63, 3.8) is 0 Å². The summed E-state index contributed by atoms with van der Waals surface area (Å²) < 4.78 is 7.35. The fourth-order valence-electron chi connectivity index (χ4n) is 2.90. The van der Waals surface area contributed by atoms with E-state index < -0.39 is 5.60 Å². The van der Waals surface area contributed by atoms with E-state index in [1.54, 1.807) is 0 Å². The molecule has 1 aromatic rings. The molecule has 6 heteroatoms. The van der Waals surface area contributed by atoms with Gasteiger partial charge in [-0.3, -0.25) is 4.68 Å². The van der Waals surface area contributed by atoms with Crippen LogP contribution in [0.25, 0.3) is 0 Å². The van der Waals surface area contributed by atoms with E-state index in [4.69, 9.17) is 16.3 Å². The summed E-state index contributed by atoms with van der Waals surface area (Å²) in [5.41, 5.74) is 1.00. The summed E-state index contributed by atoms with van der Waals surface area (Å²) in [6.07, 6.45) is 1.95. The Morgan fingerprint density at radius 2 is 2.29 bits per heavy atom. The minimum absolute atomic E-state index is 0.191. The van der Waals surface area contributed by atoms with Crippen molar-refractivity contribution in [2.45, 2.75) is 58.2 Å². The normalized spacial score (nSPS) is 22.2. The van der Waals surface area contributed by atoms with Crippen LogP contribution in [-0.2, 0) is 24.1 Å². The predicted molar refractivity (Wildman–Crippen MR) is 83.8 cm³/mol.